The van der Waals surface area contributed by atoms with Gasteiger partial charge in [-0.2, -0.15) is 0 Å². The number of benzene rings is 1. The zero-order chi connectivity index (χ0) is 14.8. The molecule has 0 saturated heterocycles. The molecule has 0 atom stereocenters. The predicted octanol–water partition coefficient (Wildman–Crippen LogP) is 5.08. The molecule has 0 saturated carbocycles. The van der Waals surface area contributed by atoms with Gasteiger partial charge < -0.3 is 4.74 Å². The molecular formula is C16H23BrO2. The lowest BCUT2D eigenvalue weighted by atomic mass is 9.87. The first-order chi connectivity index (χ1) is 8.67. The number of methoxy groups -OCH3 is 1. The van der Waals surface area contributed by atoms with Crippen molar-refractivity contribution in [1.29, 1.82) is 0 Å². The van der Waals surface area contributed by atoms with Gasteiger partial charge in [0.15, 0.2) is 5.78 Å². The van der Waals surface area contributed by atoms with E-state index in [9.17, 15) is 4.79 Å². The average molecular weight is 327 g/mol. The molecular weight excluding hydrogens is 304 g/mol. The second-order valence-corrected chi connectivity index (χ2v) is 7.05. The van der Waals surface area contributed by atoms with Crippen molar-refractivity contribution in [3.8, 4) is 5.75 Å². The summed E-state index contributed by atoms with van der Waals surface area (Å²) in [5, 5.41) is 0. The van der Waals surface area contributed by atoms with Crippen molar-refractivity contribution >= 4 is 21.7 Å². The maximum atomic E-state index is 12.5. The molecule has 106 valence electrons. The molecule has 0 aliphatic rings. The molecule has 0 fully saturated rings. The van der Waals surface area contributed by atoms with Gasteiger partial charge in [0.2, 0.25) is 0 Å². The molecule has 1 rings (SSSR count). The zero-order valence-electron chi connectivity index (χ0n) is 12.7. The highest BCUT2D eigenvalue weighted by Gasteiger charge is 2.21. The third-order valence-electron chi connectivity index (χ3n) is 3.25. The number of aryl methyl sites for hydroxylation is 1. The molecule has 0 heterocycles. The summed E-state index contributed by atoms with van der Waals surface area (Å²) in [5.41, 5.74) is 2.83. The number of rotatable bonds is 4. The molecule has 0 aliphatic carbocycles. The second-order valence-electron chi connectivity index (χ2n) is 6.19. The smallest absolute Gasteiger partial charge is 0.166 e. The largest absolute Gasteiger partial charge is 0.496 e. The van der Waals surface area contributed by atoms with Crippen molar-refractivity contribution in [2.24, 2.45) is 5.41 Å². The number of hydrogen-bond donors (Lipinski definition) is 0. The van der Waals surface area contributed by atoms with Crippen LogP contribution >= 0.6 is 15.9 Å². The molecule has 0 radical (unpaired) electrons. The Morgan fingerprint density at radius 3 is 2.37 bits per heavy atom. The quantitative estimate of drug-likeness (QED) is 0.721. The summed E-state index contributed by atoms with van der Waals surface area (Å²) in [6.45, 7) is 10.4. The fraction of sp³-hybridized carbons (Fsp3) is 0.562. The number of carbonyl (C=O) groups is 1. The Balaban J connectivity index is 3.15. The highest BCUT2D eigenvalue weighted by Crippen LogP contribution is 2.34. The molecule has 1 aromatic carbocycles. The Morgan fingerprint density at radius 2 is 1.89 bits per heavy atom. The van der Waals surface area contributed by atoms with Crippen LogP contribution in [0, 0.1) is 19.3 Å². The number of ketones is 1. The fourth-order valence-electron chi connectivity index (χ4n) is 2.06. The van der Waals surface area contributed by atoms with Crippen molar-refractivity contribution in [3.63, 3.8) is 0 Å². The van der Waals surface area contributed by atoms with Crippen LogP contribution in [-0.2, 0) is 0 Å². The second kappa shape index (κ2) is 6.08. The average Bonchev–Trinajstić information content (AvgIpc) is 2.29. The van der Waals surface area contributed by atoms with E-state index in [-0.39, 0.29) is 11.2 Å². The van der Waals surface area contributed by atoms with Crippen molar-refractivity contribution in [1.82, 2.24) is 0 Å². The van der Waals surface area contributed by atoms with Crippen LogP contribution in [-0.4, -0.2) is 12.9 Å². The lowest BCUT2D eigenvalue weighted by Gasteiger charge is -2.19. The Labute approximate surface area is 124 Å². The fourth-order valence-corrected chi connectivity index (χ4v) is 2.60. The summed E-state index contributed by atoms with van der Waals surface area (Å²) >= 11 is 3.51. The Bertz CT molecular complexity index is 485. The van der Waals surface area contributed by atoms with E-state index < -0.39 is 0 Å². The number of ether oxygens (including phenoxy) is 1. The Morgan fingerprint density at radius 1 is 1.32 bits per heavy atom. The number of carbonyl (C=O) groups excluding carboxylic acids is 1. The van der Waals surface area contributed by atoms with Crippen molar-refractivity contribution in [3.05, 3.63) is 27.2 Å². The molecule has 3 heteroatoms. The zero-order valence-corrected chi connectivity index (χ0v) is 14.3. The normalized spacial score (nSPS) is 11.5. The van der Waals surface area contributed by atoms with Crippen LogP contribution in [0.1, 0.15) is 55.1 Å². The number of halogens is 1. The Kier molecular flexibility index (Phi) is 5.19. The lowest BCUT2D eigenvalue weighted by molar-refractivity contribution is 0.0962. The molecule has 0 spiro atoms. The van der Waals surface area contributed by atoms with E-state index in [1.807, 2.05) is 19.9 Å². The predicted molar refractivity (Wildman–Crippen MR) is 83.2 cm³/mol. The molecule has 0 amide bonds. The number of Topliss-reactive ketones (excluding diaryl/α,β-unsaturated/α-hetero) is 1. The lowest BCUT2D eigenvalue weighted by Crippen LogP contribution is -2.12. The van der Waals surface area contributed by atoms with Crippen LogP contribution in [0.3, 0.4) is 0 Å². The Hall–Kier alpha value is -0.830. The molecule has 0 aliphatic heterocycles. The maximum Gasteiger partial charge on any atom is 0.166 e. The maximum absolute atomic E-state index is 12.5. The monoisotopic (exact) mass is 326 g/mol. The summed E-state index contributed by atoms with van der Waals surface area (Å²) in [6, 6.07) is 1.99. The molecule has 0 unspecified atom stereocenters. The van der Waals surface area contributed by atoms with Gasteiger partial charge in [0, 0.05) is 10.9 Å². The molecule has 0 N–H and O–H groups in total. The van der Waals surface area contributed by atoms with Gasteiger partial charge in [0.1, 0.15) is 5.75 Å². The van der Waals surface area contributed by atoms with E-state index in [4.69, 9.17) is 4.74 Å². The minimum atomic E-state index is 0.161. The van der Waals surface area contributed by atoms with E-state index in [1.165, 1.54) is 0 Å². The van der Waals surface area contributed by atoms with Crippen LogP contribution in [0.15, 0.2) is 10.5 Å². The SMILES string of the molecule is COc1c(C)cc(Br)c(C)c1C(=O)CCC(C)(C)C. The van der Waals surface area contributed by atoms with Gasteiger partial charge >= 0.3 is 0 Å². The van der Waals surface area contributed by atoms with E-state index >= 15 is 0 Å². The first-order valence-corrected chi connectivity index (χ1v) is 7.33. The standard InChI is InChI=1S/C16H23BrO2/c1-10-9-12(17)11(2)14(15(10)19-6)13(18)7-8-16(3,4)5/h9H,7-8H2,1-6H3. The van der Waals surface area contributed by atoms with Gasteiger partial charge in [-0.05, 0) is 42.9 Å². The van der Waals surface area contributed by atoms with Crippen LogP contribution < -0.4 is 4.74 Å². The summed E-state index contributed by atoms with van der Waals surface area (Å²) in [7, 11) is 1.62. The molecule has 2 nitrogen and oxygen atoms in total. The molecule has 1 aromatic rings. The third kappa shape index (κ3) is 4.07. The first-order valence-electron chi connectivity index (χ1n) is 6.54. The van der Waals surface area contributed by atoms with Gasteiger partial charge in [0.25, 0.3) is 0 Å². The van der Waals surface area contributed by atoms with E-state index in [1.54, 1.807) is 7.11 Å². The summed E-state index contributed by atoms with van der Waals surface area (Å²) < 4.78 is 6.39. The van der Waals surface area contributed by atoms with Gasteiger partial charge in [0.05, 0.1) is 12.7 Å². The number of hydrogen-bond acceptors (Lipinski definition) is 2. The van der Waals surface area contributed by atoms with Gasteiger partial charge in [-0.25, -0.2) is 0 Å². The van der Waals surface area contributed by atoms with Crippen molar-refractivity contribution in [2.75, 3.05) is 7.11 Å². The van der Waals surface area contributed by atoms with Gasteiger partial charge in [-0.1, -0.05) is 36.7 Å². The summed E-state index contributed by atoms with van der Waals surface area (Å²) in [6.07, 6.45) is 1.43. The van der Waals surface area contributed by atoms with E-state index in [0.29, 0.717) is 12.2 Å². The van der Waals surface area contributed by atoms with Crippen molar-refractivity contribution in [2.45, 2.75) is 47.5 Å². The molecule has 0 aromatic heterocycles. The van der Waals surface area contributed by atoms with Gasteiger partial charge in [-0.3, -0.25) is 4.79 Å². The molecule has 0 bridgehead atoms. The van der Waals surface area contributed by atoms with E-state index in [2.05, 4.69) is 36.7 Å². The van der Waals surface area contributed by atoms with E-state index in [0.717, 1.165) is 27.6 Å². The van der Waals surface area contributed by atoms with Crippen LogP contribution in [0.4, 0.5) is 0 Å². The topological polar surface area (TPSA) is 26.3 Å². The summed E-state index contributed by atoms with van der Waals surface area (Å²) in [4.78, 5) is 12.5. The highest BCUT2D eigenvalue weighted by atomic mass is 79.9. The third-order valence-corrected chi connectivity index (χ3v) is 4.07. The van der Waals surface area contributed by atoms with Crippen LogP contribution in [0.2, 0.25) is 0 Å². The van der Waals surface area contributed by atoms with Gasteiger partial charge in [-0.15, -0.1) is 0 Å². The summed E-state index contributed by atoms with van der Waals surface area (Å²) in [5.74, 6) is 0.869. The minimum absolute atomic E-state index is 0.161. The first kappa shape index (κ1) is 16.2. The van der Waals surface area contributed by atoms with Crippen molar-refractivity contribution < 1.29 is 9.53 Å². The minimum Gasteiger partial charge on any atom is -0.496 e. The van der Waals surface area contributed by atoms with Crippen LogP contribution in [0.5, 0.6) is 5.75 Å². The molecule has 19 heavy (non-hydrogen) atoms. The van der Waals surface area contributed by atoms with Crippen LogP contribution in [0.25, 0.3) is 0 Å². The highest BCUT2D eigenvalue weighted by molar-refractivity contribution is 9.10.